The van der Waals surface area contributed by atoms with Gasteiger partial charge in [-0.15, -0.1) is 0 Å². The fourth-order valence-electron chi connectivity index (χ4n) is 6.93. The van der Waals surface area contributed by atoms with Crippen molar-refractivity contribution >= 4 is 59.1 Å². The van der Waals surface area contributed by atoms with Crippen molar-refractivity contribution in [1.29, 1.82) is 0 Å². The van der Waals surface area contributed by atoms with Crippen molar-refractivity contribution in [1.82, 2.24) is 0 Å². The summed E-state index contributed by atoms with van der Waals surface area (Å²) in [6.07, 6.45) is 2.14. The highest BCUT2D eigenvalue weighted by Crippen LogP contribution is 2.52. The van der Waals surface area contributed by atoms with Crippen LogP contribution in [0.25, 0.3) is 32.7 Å². The molecule has 7 aromatic carbocycles. The molecule has 44 heavy (non-hydrogen) atoms. The van der Waals surface area contributed by atoms with Crippen LogP contribution in [-0.2, 0) is 12.3 Å². The highest BCUT2D eigenvalue weighted by atomic mass is 31.1. The van der Waals surface area contributed by atoms with E-state index in [4.69, 9.17) is 4.74 Å². The summed E-state index contributed by atoms with van der Waals surface area (Å²) in [5, 5.41) is 11.2. The zero-order chi connectivity index (χ0) is 29.5. The zero-order valence-corrected chi connectivity index (χ0v) is 26.6. The Morgan fingerprint density at radius 3 is 1.64 bits per heavy atom. The van der Waals surface area contributed by atoms with Crippen LogP contribution in [0.5, 0.6) is 5.75 Å². The average molecular weight is 600 g/mol. The standard InChI is InChI=1S/C41H32OPSi/c1-42-33-23-25-35(26-24-33)44(34-13-3-2-4-14-34)39-18-10-9-17-38(39)43-27-31-21-19-29-11-5-7-15-36(29)40(31)41-32(28-43)22-20-30-12-6-8-16-37(30)41/h2-26H,27-28H2,1H3. The molecule has 1 nitrogen and oxygen atoms in total. The van der Waals surface area contributed by atoms with Gasteiger partial charge in [-0.2, -0.15) is 0 Å². The Labute approximate surface area is 262 Å². The van der Waals surface area contributed by atoms with E-state index in [0.29, 0.717) is 0 Å². The lowest BCUT2D eigenvalue weighted by molar-refractivity contribution is 0.415. The van der Waals surface area contributed by atoms with Crippen molar-refractivity contribution < 1.29 is 4.74 Å². The minimum atomic E-state index is -1.25. The van der Waals surface area contributed by atoms with Crippen LogP contribution in [0.1, 0.15) is 11.1 Å². The first-order valence-electron chi connectivity index (χ1n) is 15.2. The Morgan fingerprint density at radius 2 is 1.02 bits per heavy atom. The molecule has 8 rings (SSSR count). The second-order valence-corrected chi connectivity index (χ2v) is 16.1. The summed E-state index contributed by atoms with van der Waals surface area (Å²) >= 11 is 0. The number of hydrogen-bond acceptors (Lipinski definition) is 1. The molecule has 7 aromatic rings. The summed E-state index contributed by atoms with van der Waals surface area (Å²) in [5.41, 5.74) is 5.80. The lowest BCUT2D eigenvalue weighted by Gasteiger charge is -2.25. The summed E-state index contributed by atoms with van der Waals surface area (Å²) in [7, 11) is -0.0328. The third-order valence-electron chi connectivity index (χ3n) is 8.96. The van der Waals surface area contributed by atoms with E-state index >= 15 is 0 Å². The third kappa shape index (κ3) is 4.76. The minimum Gasteiger partial charge on any atom is -0.497 e. The monoisotopic (exact) mass is 599 g/mol. The molecule has 1 heterocycles. The van der Waals surface area contributed by atoms with Crippen molar-refractivity contribution in [3.8, 4) is 16.9 Å². The van der Waals surface area contributed by atoms with Gasteiger partial charge < -0.3 is 4.74 Å². The van der Waals surface area contributed by atoms with Gasteiger partial charge in [-0.05, 0) is 78.7 Å². The van der Waals surface area contributed by atoms with Crippen molar-refractivity contribution in [2.75, 3.05) is 7.11 Å². The largest absolute Gasteiger partial charge is 0.497 e. The molecule has 0 saturated carbocycles. The van der Waals surface area contributed by atoms with Gasteiger partial charge in [0.1, 0.15) is 5.75 Å². The van der Waals surface area contributed by atoms with Crippen LogP contribution in [0.15, 0.2) is 152 Å². The van der Waals surface area contributed by atoms with Gasteiger partial charge >= 0.3 is 0 Å². The number of hydrogen-bond donors (Lipinski definition) is 0. The van der Waals surface area contributed by atoms with Crippen molar-refractivity contribution in [2.24, 2.45) is 0 Å². The van der Waals surface area contributed by atoms with Crippen LogP contribution in [0.2, 0.25) is 0 Å². The number of benzene rings is 7. The molecule has 0 bridgehead atoms. The highest BCUT2D eigenvalue weighted by Gasteiger charge is 2.29. The van der Waals surface area contributed by atoms with Crippen LogP contribution in [0.4, 0.5) is 0 Å². The molecule has 0 N–H and O–H groups in total. The first-order chi connectivity index (χ1) is 21.8. The molecule has 0 saturated heterocycles. The molecule has 1 aliphatic heterocycles. The third-order valence-corrected chi connectivity index (χ3v) is 14.5. The first-order valence-corrected chi connectivity index (χ1v) is 18.4. The Morgan fingerprint density at radius 1 is 0.500 bits per heavy atom. The molecule has 1 radical (unpaired) electrons. The summed E-state index contributed by atoms with van der Waals surface area (Å²) in [6, 6.07) is 56.6. The van der Waals surface area contributed by atoms with Gasteiger partial charge in [0.2, 0.25) is 0 Å². The maximum atomic E-state index is 5.54. The molecule has 0 spiro atoms. The van der Waals surface area contributed by atoms with Crippen LogP contribution in [-0.4, -0.2) is 15.9 Å². The quantitative estimate of drug-likeness (QED) is 0.111. The van der Waals surface area contributed by atoms with Gasteiger partial charge in [-0.1, -0.05) is 158 Å². The lowest BCUT2D eigenvalue weighted by atomic mass is 9.88. The molecular weight excluding hydrogens is 568 g/mol. The lowest BCUT2D eigenvalue weighted by Crippen LogP contribution is -2.56. The van der Waals surface area contributed by atoms with E-state index in [2.05, 4.69) is 152 Å². The number of ether oxygens (including phenoxy) is 1. The minimum absolute atomic E-state index is 0.520. The summed E-state index contributed by atoms with van der Waals surface area (Å²) in [4.78, 5) is 0. The van der Waals surface area contributed by atoms with Crippen molar-refractivity contribution in [3.05, 3.63) is 163 Å². The first kappa shape index (κ1) is 27.1. The molecule has 211 valence electrons. The molecule has 0 atom stereocenters. The van der Waals surface area contributed by atoms with E-state index in [1.165, 1.54) is 64.7 Å². The molecule has 0 aliphatic carbocycles. The smallest absolute Gasteiger partial charge is 0.155 e. The molecule has 1 aliphatic rings. The molecule has 0 unspecified atom stereocenters. The van der Waals surface area contributed by atoms with E-state index in [9.17, 15) is 0 Å². The van der Waals surface area contributed by atoms with Crippen LogP contribution in [0, 0.1) is 0 Å². The average Bonchev–Trinajstić information content (AvgIpc) is 3.27. The van der Waals surface area contributed by atoms with Crippen molar-refractivity contribution in [2.45, 2.75) is 12.3 Å². The maximum Gasteiger partial charge on any atom is 0.155 e. The molecule has 0 fully saturated rings. The van der Waals surface area contributed by atoms with Crippen LogP contribution >= 0.6 is 7.92 Å². The number of rotatable bonds is 5. The fourth-order valence-corrected chi connectivity index (χ4v) is 12.8. The molecular formula is C41H32OPSi. The fraction of sp³-hybridized carbons (Fsp3) is 0.0732. The predicted octanol–water partition coefficient (Wildman–Crippen LogP) is 8.01. The van der Waals surface area contributed by atoms with E-state index < -0.39 is 16.7 Å². The zero-order valence-electron chi connectivity index (χ0n) is 24.7. The van der Waals surface area contributed by atoms with Gasteiger partial charge in [0.05, 0.1) is 7.11 Å². The van der Waals surface area contributed by atoms with E-state index in [1.54, 1.807) is 7.11 Å². The van der Waals surface area contributed by atoms with E-state index in [0.717, 1.165) is 18.1 Å². The summed E-state index contributed by atoms with van der Waals surface area (Å²) < 4.78 is 5.54. The number of methoxy groups -OCH3 is 1. The molecule has 0 aromatic heterocycles. The molecule has 3 heteroatoms. The normalized spacial score (nSPS) is 13.0. The van der Waals surface area contributed by atoms with Gasteiger partial charge in [0.25, 0.3) is 0 Å². The van der Waals surface area contributed by atoms with Crippen molar-refractivity contribution in [3.63, 3.8) is 0 Å². The number of fused-ring (bicyclic) bond motifs is 7. The Hall–Kier alpha value is -4.49. The summed E-state index contributed by atoms with van der Waals surface area (Å²) in [6.45, 7) is 0. The van der Waals surface area contributed by atoms with Gasteiger partial charge in [0.15, 0.2) is 8.80 Å². The maximum absolute atomic E-state index is 5.54. The summed E-state index contributed by atoms with van der Waals surface area (Å²) in [5.74, 6) is 0.900. The Bertz CT molecular complexity index is 2030. The van der Waals surface area contributed by atoms with Gasteiger partial charge in [-0.3, -0.25) is 0 Å². The van der Waals surface area contributed by atoms with Crippen LogP contribution < -0.4 is 25.6 Å². The van der Waals surface area contributed by atoms with Gasteiger partial charge in [-0.25, -0.2) is 0 Å². The van der Waals surface area contributed by atoms with Gasteiger partial charge in [0, 0.05) is 0 Å². The molecule has 0 amide bonds. The van der Waals surface area contributed by atoms with E-state index in [-0.39, 0.29) is 0 Å². The SMILES string of the molecule is COc1ccc([Si](c2ccccc2)c2ccccc2P2Cc3ccc4ccccc4c3-c3c(ccc4ccccc34)C2)cc1. The second-order valence-electron chi connectivity index (χ2n) is 11.5. The van der Waals surface area contributed by atoms with Crippen LogP contribution in [0.3, 0.4) is 0 Å². The highest BCUT2D eigenvalue weighted by molar-refractivity contribution is 7.64. The Kier molecular flexibility index (Phi) is 7.10. The topological polar surface area (TPSA) is 9.23 Å². The Balaban J connectivity index is 1.35. The second kappa shape index (κ2) is 11.5. The van der Waals surface area contributed by atoms with E-state index in [1.807, 2.05) is 0 Å². The predicted molar refractivity (Wildman–Crippen MR) is 191 cm³/mol.